The van der Waals surface area contributed by atoms with Crippen molar-refractivity contribution in [2.45, 2.75) is 0 Å². The lowest BCUT2D eigenvalue weighted by Crippen LogP contribution is -2.09. The second-order valence-electron chi connectivity index (χ2n) is 12.8. The van der Waals surface area contributed by atoms with Crippen LogP contribution in [0.5, 0.6) is 0 Å². The van der Waals surface area contributed by atoms with E-state index in [1.165, 1.54) is 32.3 Å². The molecule has 1 heterocycles. The second-order valence-corrected chi connectivity index (χ2v) is 12.8. The molecule has 0 N–H and O–H groups in total. The summed E-state index contributed by atoms with van der Waals surface area (Å²) >= 11 is 0. The molecule has 0 spiro atoms. The monoisotopic (exact) mass is 637 g/mol. The molecule has 10 aromatic rings. The molecular formula is C48H31NO. The van der Waals surface area contributed by atoms with E-state index in [-0.39, 0.29) is 0 Å². The highest BCUT2D eigenvalue weighted by Gasteiger charge is 2.17. The van der Waals surface area contributed by atoms with Crippen LogP contribution in [0, 0.1) is 0 Å². The topological polar surface area (TPSA) is 16.4 Å². The smallest absolute Gasteiger partial charge is 0.143 e. The number of rotatable bonds is 3. The molecule has 0 saturated carbocycles. The standard InChI is InChI=1S/C48H31NO/c1-3-15-32(16-4-1)49(33-17-5-2-6-18-33)34-27-28-40-43-29-30-44-41-24-13-14-26-46(41)50-48(44)47(43)42-25-12-11-22-38(42)36-20-8-7-19-35(36)37-21-9-10-23-39(37)45(40)31-34/h1-31H. The van der Waals surface area contributed by atoms with E-state index in [1.54, 1.807) is 0 Å². The molecule has 10 rings (SSSR count). The first-order valence-corrected chi connectivity index (χ1v) is 17.1. The summed E-state index contributed by atoms with van der Waals surface area (Å²) in [4.78, 5) is 2.34. The Balaban J connectivity index is 1.48. The zero-order valence-corrected chi connectivity index (χ0v) is 27.3. The zero-order chi connectivity index (χ0) is 33.0. The molecule has 0 aliphatic rings. The highest BCUT2D eigenvalue weighted by molar-refractivity contribution is 6.31. The van der Waals surface area contributed by atoms with Crippen molar-refractivity contribution in [1.29, 1.82) is 0 Å². The first kappa shape index (κ1) is 28.4. The summed E-state index contributed by atoms with van der Waals surface area (Å²) in [5, 5.41) is 14.0. The fraction of sp³-hybridized carbons (Fsp3) is 0. The number of hydrogen-bond acceptors (Lipinski definition) is 2. The van der Waals surface area contributed by atoms with Gasteiger partial charge in [0.2, 0.25) is 0 Å². The molecule has 234 valence electrons. The van der Waals surface area contributed by atoms with Gasteiger partial charge in [0.15, 0.2) is 0 Å². The van der Waals surface area contributed by atoms with Crippen molar-refractivity contribution in [3.05, 3.63) is 188 Å². The van der Waals surface area contributed by atoms with E-state index in [0.717, 1.165) is 60.5 Å². The molecule has 0 bridgehead atoms. The average molecular weight is 638 g/mol. The SMILES string of the molecule is c1ccc(N(c2ccccc2)c2ccc3c(c2)c2ccccc2c2ccccc2c2ccccc2c2c3ccc3c4ccccc4oc32)cc1. The van der Waals surface area contributed by atoms with E-state index in [1.807, 2.05) is 6.07 Å². The summed E-state index contributed by atoms with van der Waals surface area (Å²) in [6.45, 7) is 0. The minimum atomic E-state index is 0.896. The van der Waals surface area contributed by atoms with Crippen LogP contribution in [0.4, 0.5) is 17.1 Å². The van der Waals surface area contributed by atoms with Crippen molar-refractivity contribution >= 4 is 92.9 Å². The molecular weight excluding hydrogens is 607 g/mol. The highest BCUT2D eigenvalue weighted by Crippen LogP contribution is 2.43. The molecule has 9 aromatic carbocycles. The quantitative estimate of drug-likeness (QED) is 0.192. The van der Waals surface area contributed by atoms with Gasteiger partial charge in [-0.15, -0.1) is 0 Å². The van der Waals surface area contributed by atoms with Crippen LogP contribution in [0.15, 0.2) is 192 Å². The Morgan fingerprint density at radius 1 is 0.280 bits per heavy atom. The largest absolute Gasteiger partial charge is 0.455 e. The molecule has 50 heavy (non-hydrogen) atoms. The Morgan fingerprint density at radius 3 is 1.28 bits per heavy atom. The number of benzene rings is 8. The molecule has 0 aliphatic carbocycles. The third-order valence-electron chi connectivity index (χ3n) is 10.0. The van der Waals surface area contributed by atoms with E-state index >= 15 is 0 Å². The van der Waals surface area contributed by atoms with Crippen LogP contribution in [0.25, 0.3) is 75.8 Å². The van der Waals surface area contributed by atoms with Crippen LogP contribution >= 0.6 is 0 Å². The summed E-state index contributed by atoms with van der Waals surface area (Å²) in [7, 11) is 0. The lowest BCUT2D eigenvalue weighted by Gasteiger charge is -2.26. The van der Waals surface area contributed by atoms with Crippen molar-refractivity contribution in [2.75, 3.05) is 4.90 Å². The Labute approximate surface area is 289 Å². The van der Waals surface area contributed by atoms with Crippen molar-refractivity contribution in [2.24, 2.45) is 0 Å². The Hall–Kier alpha value is -6.64. The molecule has 2 nitrogen and oxygen atoms in total. The number of furan rings is 1. The maximum absolute atomic E-state index is 6.82. The first-order chi connectivity index (χ1) is 24.8. The highest BCUT2D eigenvalue weighted by atomic mass is 16.3. The maximum atomic E-state index is 6.82. The van der Waals surface area contributed by atoms with Crippen LogP contribution in [-0.2, 0) is 0 Å². The molecule has 0 fully saturated rings. The molecule has 0 atom stereocenters. The van der Waals surface area contributed by atoms with Gasteiger partial charge in [-0.1, -0.05) is 140 Å². The summed E-state index contributed by atoms with van der Waals surface area (Å²) in [5.74, 6) is 0. The number of para-hydroxylation sites is 3. The second kappa shape index (κ2) is 11.5. The van der Waals surface area contributed by atoms with Gasteiger partial charge < -0.3 is 9.32 Å². The van der Waals surface area contributed by atoms with Gasteiger partial charge in [0.25, 0.3) is 0 Å². The molecule has 0 saturated heterocycles. The molecule has 0 unspecified atom stereocenters. The van der Waals surface area contributed by atoms with E-state index in [2.05, 4.69) is 187 Å². The van der Waals surface area contributed by atoms with Gasteiger partial charge in [-0.05, 0) is 97.0 Å². The molecule has 0 amide bonds. The first-order valence-electron chi connectivity index (χ1n) is 17.1. The minimum Gasteiger partial charge on any atom is -0.455 e. The summed E-state index contributed by atoms with van der Waals surface area (Å²) in [6, 6.07) is 67.6. The van der Waals surface area contributed by atoms with Crippen LogP contribution in [0.2, 0.25) is 0 Å². The lowest BCUT2D eigenvalue weighted by atomic mass is 9.93. The molecule has 0 radical (unpaired) electrons. The number of nitrogens with zero attached hydrogens (tertiary/aromatic N) is 1. The third kappa shape index (κ3) is 4.43. The Kier molecular flexibility index (Phi) is 6.53. The van der Waals surface area contributed by atoms with Gasteiger partial charge in [-0.25, -0.2) is 0 Å². The predicted molar refractivity (Wildman–Crippen MR) is 214 cm³/mol. The summed E-state index contributed by atoms with van der Waals surface area (Å²) in [6.07, 6.45) is 0. The van der Waals surface area contributed by atoms with Crippen molar-refractivity contribution < 1.29 is 4.42 Å². The van der Waals surface area contributed by atoms with Gasteiger partial charge >= 0.3 is 0 Å². The Morgan fingerprint density at radius 2 is 0.680 bits per heavy atom. The van der Waals surface area contributed by atoms with E-state index in [9.17, 15) is 0 Å². The van der Waals surface area contributed by atoms with E-state index in [4.69, 9.17) is 4.42 Å². The minimum absolute atomic E-state index is 0.896. The van der Waals surface area contributed by atoms with Gasteiger partial charge in [0, 0.05) is 33.2 Å². The normalized spacial score (nSPS) is 11.6. The van der Waals surface area contributed by atoms with Crippen LogP contribution in [-0.4, -0.2) is 0 Å². The molecule has 0 aliphatic heterocycles. The van der Waals surface area contributed by atoms with Gasteiger partial charge in [0.05, 0.1) is 0 Å². The summed E-state index contributed by atoms with van der Waals surface area (Å²) < 4.78 is 6.82. The van der Waals surface area contributed by atoms with Crippen LogP contribution in [0.3, 0.4) is 0 Å². The Bertz CT molecular complexity index is 2940. The maximum Gasteiger partial charge on any atom is 0.143 e. The van der Waals surface area contributed by atoms with Crippen molar-refractivity contribution in [3.8, 4) is 0 Å². The van der Waals surface area contributed by atoms with Gasteiger partial charge in [0.1, 0.15) is 11.2 Å². The zero-order valence-electron chi connectivity index (χ0n) is 27.3. The molecule has 1 aromatic heterocycles. The van der Waals surface area contributed by atoms with Crippen molar-refractivity contribution in [3.63, 3.8) is 0 Å². The summed E-state index contributed by atoms with van der Waals surface area (Å²) in [5.41, 5.74) is 5.11. The number of anilines is 3. The fourth-order valence-corrected chi connectivity index (χ4v) is 7.85. The number of hydrogen-bond donors (Lipinski definition) is 0. The number of fused-ring (bicyclic) bond motifs is 14. The van der Waals surface area contributed by atoms with E-state index < -0.39 is 0 Å². The van der Waals surface area contributed by atoms with Gasteiger partial charge in [-0.3, -0.25) is 0 Å². The van der Waals surface area contributed by atoms with E-state index in [0.29, 0.717) is 0 Å². The lowest BCUT2D eigenvalue weighted by molar-refractivity contribution is 0.673. The van der Waals surface area contributed by atoms with Crippen LogP contribution in [0.1, 0.15) is 0 Å². The predicted octanol–water partition coefficient (Wildman–Crippen LogP) is 13.9. The van der Waals surface area contributed by atoms with Gasteiger partial charge in [-0.2, -0.15) is 0 Å². The molecule has 2 heteroatoms. The third-order valence-corrected chi connectivity index (χ3v) is 10.0. The van der Waals surface area contributed by atoms with Crippen LogP contribution < -0.4 is 4.90 Å². The fourth-order valence-electron chi connectivity index (χ4n) is 7.85. The average Bonchev–Trinajstić information content (AvgIpc) is 3.57. The van der Waals surface area contributed by atoms with Crippen molar-refractivity contribution in [1.82, 2.24) is 0 Å².